The van der Waals surface area contributed by atoms with Crippen LogP contribution in [0.1, 0.15) is 25.5 Å². The van der Waals surface area contributed by atoms with Crippen LogP contribution in [-0.2, 0) is 6.42 Å². The first-order valence-electron chi connectivity index (χ1n) is 5.34. The predicted molar refractivity (Wildman–Crippen MR) is 57.4 cm³/mol. The van der Waals surface area contributed by atoms with Gasteiger partial charge in [-0.2, -0.15) is 0 Å². The van der Waals surface area contributed by atoms with Gasteiger partial charge in [0.25, 0.3) is 0 Å². The lowest BCUT2D eigenvalue weighted by atomic mass is 10.1. The zero-order valence-corrected chi connectivity index (χ0v) is 8.66. The van der Waals surface area contributed by atoms with Crippen LogP contribution < -0.4 is 10.6 Å². The Morgan fingerprint density at radius 1 is 1.71 bits per heavy atom. The summed E-state index contributed by atoms with van der Waals surface area (Å²) < 4.78 is 0. The highest BCUT2D eigenvalue weighted by molar-refractivity contribution is 5.32. The van der Waals surface area contributed by atoms with Gasteiger partial charge in [0.05, 0.1) is 6.20 Å². The first-order chi connectivity index (χ1) is 6.79. The average molecular weight is 194 g/mol. The Morgan fingerprint density at radius 2 is 2.57 bits per heavy atom. The molecule has 2 rings (SSSR count). The van der Waals surface area contributed by atoms with E-state index in [1.807, 2.05) is 6.20 Å². The number of aryl methyl sites for hydroxylation is 1. The molecule has 3 N–H and O–H groups in total. The van der Waals surface area contributed by atoms with Crippen molar-refractivity contribution >= 4 is 5.95 Å². The molecule has 0 aromatic carbocycles. The fourth-order valence-electron chi connectivity index (χ4n) is 1.89. The summed E-state index contributed by atoms with van der Waals surface area (Å²) in [5.41, 5.74) is 7.11. The average Bonchev–Trinajstić information content (AvgIpc) is 2.66. The van der Waals surface area contributed by atoms with Gasteiger partial charge in [0.15, 0.2) is 0 Å². The Hall–Kier alpha value is -1.03. The molecule has 1 fully saturated rings. The number of piperidine rings is 1. The molecule has 0 aliphatic carbocycles. The standard InChI is InChI=1S/C10H18N4/c1-2-9-6-12-10(13-9)14-5-3-4-8(11)7-14/h6,8H,2-5,7,11H2,1H3,(H,12,13)/t8-/m1/s1. The van der Waals surface area contributed by atoms with Gasteiger partial charge in [-0.3, -0.25) is 0 Å². The molecule has 14 heavy (non-hydrogen) atoms. The second-order valence-corrected chi connectivity index (χ2v) is 3.93. The number of imidazole rings is 1. The molecule has 4 heteroatoms. The van der Waals surface area contributed by atoms with Gasteiger partial charge in [-0.1, -0.05) is 6.92 Å². The molecule has 0 amide bonds. The number of rotatable bonds is 2. The third-order valence-corrected chi connectivity index (χ3v) is 2.75. The molecule has 1 aliphatic rings. The van der Waals surface area contributed by atoms with Crippen LogP contribution in [0.2, 0.25) is 0 Å². The van der Waals surface area contributed by atoms with Crippen LogP contribution in [0.25, 0.3) is 0 Å². The quantitative estimate of drug-likeness (QED) is 0.735. The van der Waals surface area contributed by atoms with Crippen molar-refractivity contribution in [3.05, 3.63) is 11.9 Å². The van der Waals surface area contributed by atoms with Gasteiger partial charge in [-0.25, -0.2) is 4.98 Å². The van der Waals surface area contributed by atoms with Gasteiger partial charge in [-0.05, 0) is 19.3 Å². The Bertz CT molecular complexity index is 294. The maximum atomic E-state index is 5.92. The van der Waals surface area contributed by atoms with E-state index in [0.29, 0.717) is 6.04 Å². The molecule has 0 bridgehead atoms. The van der Waals surface area contributed by atoms with Gasteiger partial charge in [0.1, 0.15) is 0 Å². The minimum absolute atomic E-state index is 0.305. The first-order valence-corrected chi connectivity index (χ1v) is 5.34. The number of nitrogens with two attached hydrogens (primary N) is 1. The number of hydrogen-bond donors (Lipinski definition) is 2. The highest BCUT2D eigenvalue weighted by Gasteiger charge is 2.18. The number of nitrogens with one attached hydrogen (secondary N) is 1. The number of anilines is 1. The Morgan fingerprint density at radius 3 is 3.21 bits per heavy atom. The summed E-state index contributed by atoms with van der Waals surface area (Å²) in [4.78, 5) is 9.92. The zero-order chi connectivity index (χ0) is 9.97. The lowest BCUT2D eigenvalue weighted by Crippen LogP contribution is -2.43. The third kappa shape index (κ3) is 1.90. The Balaban J connectivity index is 2.06. The fourth-order valence-corrected chi connectivity index (χ4v) is 1.89. The van der Waals surface area contributed by atoms with E-state index in [9.17, 15) is 0 Å². The zero-order valence-electron chi connectivity index (χ0n) is 8.66. The van der Waals surface area contributed by atoms with Crippen LogP contribution in [0.3, 0.4) is 0 Å². The third-order valence-electron chi connectivity index (χ3n) is 2.75. The van der Waals surface area contributed by atoms with E-state index in [1.54, 1.807) is 0 Å². The molecule has 0 radical (unpaired) electrons. The van der Waals surface area contributed by atoms with Gasteiger partial charge >= 0.3 is 0 Å². The minimum atomic E-state index is 0.305. The van der Waals surface area contributed by atoms with Crippen molar-refractivity contribution in [3.63, 3.8) is 0 Å². The highest BCUT2D eigenvalue weighted by atomic mass is 15.3. The summed E-state index contributed by atoms with van der Waals surface area (Å²) in [5, 5.41) is 0. The van der Waals surface area contributed by atoms with Crippen molar-refractivity contribution in [1.82, 2.24) is 9.97 Å². The summed E-state index contributed by atoms with van der Waals surface area (Å²) in [5.74, 6) is 0.983. The summed E-state index contributed by atoms with van der Waals surface area (Å²) in [6.45, 7) is 4.13. The molecule has 0 unspecified atom stereocenters. The summed E-state index contributed by atoms with van der Waals surface area (Å²) >= 11 is 0. The topological polar surface area (TPSA) is 57.9 Å². The van der Waals surface area contributed by atoms with E-state index >= 15 is 0 Å². The summed E-state index contributed by atoms with van der Waals surface area (Å²) in [6, 6.07) is 0.305. The van der Waals surface area contributed by atoms with Crippen molar-refractivity contribution in [2.45, 2.75) is 32.2 Å². The number of aromatic nitrogens is 2. The molecule has 1 aromatic heterocycles. The van der Waals surface area contributed by atoms with Gasteiger partial charge in [-0.15, -0.1) is 0 Å². The van der Waals surface area contributed by atoms with E-state index in [-0.39, 0.29) is 0 Å². The molecule has 2 heterocycles. The smallest absolute Gasteiger partial charge is 0.203 e. The normalized spacial score (nSPS) is 22.7. The van der Waals surface area contributed by atoms with Crippen molar-refractivity contribution in [1.29, 1.82) is 0 Å². The molecule has 1 atom stereocenters. The van der Waals surface area contributed by atoms with E-state index in [4.69, 9.17) is 5.73 Å². The number of H-pyrrole nitrogens is 1. The lowest BCUT2D eigenvalue weighted by Gasteiger charge is -2.30. The number of aromatic amines is 1. The SMILES string of the molecule is CCc1cnc(N2CCC[C@@H](N)C2)[nH]1. The molecule has 1 aromatic rings. The molecule has 78 valence electrons. The highest BCUT2D eigenvalue weighted by Crippen LogP contribution is 2.15. The maximum Gasteiger partial charge on any atom is 0.203 e. The second kappa shape index (κ2) is 4.00. The molecule has 1 aliphatic heterocycles. The van der Waals surface area contributed by atoms with Gasteiger partial charge < -0.3 is 15.6 Å². The minimum Gasteiger partial charge on any atom is -0.341 e. The second-order valence-electron chi connectivity index (χ2n) is 3.93. The number of hydrogen-bond acceptors (Lipinski definition) is 3. The van der Waals surface area contributed by atoms with Crippen molar-refractivity contribution in [2.75, 3.05) is 18.0 Å². The first kappa shape index (κ1) is 9.52. The monoisotopic (exact) mass is 194 g/mol. The van der Waals surface area contributed by atoms with Crippen LogP contribution in [-0.4, -0.2) is 29.1 Å². The van der Waals surface area contributed by atoms with Crippen molar-refractivity contribution in [2.24, 2.45) is 5.73 Å². The molecule has 4 nitrogen and oxygen atoms in total. The maximum absolute atomic E-state index is 5.92. The van der Waals surface area contributed by atoms with E-state index < -0.39 is 0 Å². The van der Waals surface area contributed by atoms with E-state index in [0.717, 1.165) is 31.9 Å². The van der Waals surface area contributed by atoms with Crippen LogP contribution in [0.4, 0.5) is 5.95 Å². The van der Waals surface area contributed by atoms with E-state index in [2.05, 4.69) is 21.8 Å². The fraction of sp³-hybridized carbons (Fsp3) is 0.700. The summed E-state index contributed by atoms with van der Waals surface area (Å²) in [7, 11) is 0. The largest absolute Gasteiger partial charge is 0.341 e. The van der Waals surface area contributed by atoms with Crippen LogP contribution >= 0.6 is 0 Å². The predicted octanol–water partition coefficient (Wildman–Crippen LogP) is 0.900. The van der Waals surface area contributed by atoms with Crippen molar-refractivity contribution < 1.29 is 0 Å². The van der Waals surface area contributed by atoms with E-state index in [1.165, 1.54) is 12.1 Å². The lowest BCUT2D eigenvalue weighted by molar-refractivity contribution is 0.500. The van der Waals surface area contributed by atoms with Crippen molar-refractivity contribution in [3.8, 4) is 0 Å². The van der Waals surface area contributed by atoms with Gasteiger partial charge in [0.2, 0.25) is 5.95 Å². The molecule has 1 saturated heterocycles. The Kier molecular flexibility index (Phi) is 2.72. The summed E-state index contributed by atoms with van der Waals surface area (Å²) in [6.07, 6.45) is 5.23. The molecule has 0 saturated carbocycles. The molecular weight excluding hydrogens is 176 g/mol. The number of nitrogens with zero attached hydrogens (tertiary/aromatic N) is 2. The van der Waals surface area contributed by atoms with Crippen LogP contribution in [0, 0.1) is 0 Å². The Labute approximate surface area is 84.5 Å². The van der Waals surface area contributed by atoms with Crippen LogP contribution in [0.15, 0.2) is 6.20 Å². The van der Waals surface area contributed by atoms with Gasteiger partial charge in [0, 0.05) is 24.8 Å². The molecular formula is C10H18N4. The van der Waals surface area contributed by atoms with Crippen LogP contribution in [0.5, 0.6) is 0 Å². The molecule has 0 spiro atoms.